The number of hydrogen-bond donors (Lipinski definition) is 1. The Morgan fingerprint density at radius 3 is 2.71 bits per heavy atom. The predicted molar refractivity (Wildman–Crippen MR) is 65.8 cm³/mol. The summed E-state index contributed by atoms with van der Waals surface area (Å²) in [5.41, 5.74) is 6.49. The third-order valence-electron chi connectivity index (χ3n) is 2.26. The van der Waals surface area contributed by atoms with Crippen LogP contribution in [0.4, 0.5) is 4.39 Å². The SMILES string of the molecule is NCc1cccc(Oc2ccc(F)cc2Cl)c1. The first kappa shape index (κ1) is 11.9. The second-order valence-corrected chi connectivity index (χ2v) is 3.94. The summed E-state index contributed by atoms with van der Waals surface area (Å²) in [6.07, 6.45) is 0. The molecule has 0 aromatic heterocycles. The molecule has 0 heterocycles. The van der Waals surface area contributed by atoms with E-state index < -0.39 is 5.82 Å². The van der Waals surface area contributed by atoms with E-state index in [2.05, 4.69) is 0 Å². The number of benzene rings is 2. The lowest BCUT2D eigenvalue weighted by Crippen LogP contribution is -1.96. The minimum absolute atomic E-state index is 0.239. The second-order valence-electron chi connectivity index (χ2n) is 3.53. The van der Waals surface area contributed by atoms with E-state index in [1.54, 1.807) is 6.07 Å². The summed E-state index contributed by atoms with van der Waals surface area (Å²) in [5.74, 6) is 0.654. The molecule has 0 aliphatic carbocycles. The molecular weight excluding hydrogens is 241 g/mol. The Kier molecular flexibility index (Phi) is 3.61. The Morgan fingerprint density at radius 1 is 1.18 bits per heavy atom. The minimum Gasteiger partial charge on any atom is -0.456 e. The Labute approximate surface area is 104 Å². The van der Waals surface area contributed by atoms with Gasteiger partial charge in [-0.15, -0.1) is 0 Å². The van der Waals surface area contributed by atoms with Gasteiger partial charge in [0, 0.05) is 6.54 Å². The van der Waals surface area contributed by atoms with Crippen molar-refractivity contribution in [2.45, 2.75) is 6.54 Å². The standard InChI is InChI=1S/C13H11ClFNO/c14-12-7-10(15)4-5-13(12)17-11-3-1-2-9(6-11)8-16/h1-7H,8,16H2. The van der Waals surface area contributed by atoms with Gasteiger partial charge in [0.2, 0.25) is 0 Å². The van der Waals surface area contributed by atoms with Gasteiger partial charge in [0.15, 0.2) is 0 Å². The van der Waals surface area contributed by atoms with Crippen molar-refractivity contribution in [1.29, 1.82) is 0 Å². The van der Waals surface area contributed by atoms with Crippen molar-refractivity contribution in [1.82, 2.24) is 0 Å². The van der Waals surface area contributed by atoms with Crippen LogP contribution in [0.25, 0.3) is 0 Å². The molecule has 2 aromatic rings. The van der Waals surface area contributed by atoms with Crippen molar-refractivity contribution in [3.63, 3.8) is 0 Å². The highest BCUT2D eigenvalue weighted by atomic mass is 35.5. The van der Waals surface area contributed by atoms with Crippen molar-refractivity contribution in [3.8, 4) is 11.5 Å². The monoisotopic (exact) mass is 251 g/mol. The van der Waals surface area contributed by atoms with Gasteiger partial charge >= 0.3 is 0 Å². The molecule has 2 nitrogen and oxygen atoms in total. The van der Waals surface area contributed by atoms with Gasteiger partial charge in [-0.05, 0) is 35.9 Å². The smallest absolute Gasteiger partial charge is 0.146 e. The molecule has 0 spiro atoms. The molecule has 0 radical (unpaired) electrons. The zero-order valence-corrected chi connectivity index (χ0v) is 9.75. The first-order valence-corrected chi connectivity index (χ1v) is 5.49. The van der Waals surface area contributed by atoms with Crippen LogP contribution in [0, 0.1) is 5.82 Å². The largest absolute Gasteiger partial charge is 0.456 e. The van der Waals surface area contributed by atoms with Crippen molar-refractivity contribution in [3.05, 3.63) is 58.9 Å². The molecule has 0 atom stereocenters. The van der Waals surface area contributed by atoms with Crippen LogP contribution in [0.15, 0.2) is 42.5 Å². The fraction of sp³-hybridized carbons (Fsp3) is 0.0769. The summed E-state index contributed by atoms with van der Waals surface area (Å²) >= 11 is 5.86. The maximum absolute atomic E-state index is 12.8. The van der Waals surface area contributed by atoms with E-state index in [9.17, 15) is 4.39 Å². The van der Waals surface area contributed by atoms with Crippen LogP contribution in [0.3, 0.4) is 0 Å². The first-order chi connectivity index (χ1) is 8.19. The van der Waals surface area contributed by atoms with Crippen molar-refractivity contribution < 1.29 is 9.13 Å². The summed E-state index contributed by atoms with van der Waals surface area (Å²) in [4.78, 5) is 0. The van der Waals surface area contributed by atoms with Crippen molar-refractivity contribution in [2.24, 2.45) is 5.73 Å². The Hall–Kier alpha value is -1.58. The molecule has 0 amide bonds. The molecule has 0 saturated heterocycles. The van der Waals surface area contributed by atoms with Gasteiger partial charge in [-0.3, -0.25) is 0 Å². The van der Waals surface area contributed by atoms with Crippen LogP contribution in [-0.2, 0) is 6.54 Å². The van der Waals surface area contributed by atoms with Gasteiger partial charge in [-0.1, -0.05) is 23.7 Å². The van der Waals surface area contributed by atoms with Crippen molar-refractivity contribution in [2.75, 3.05) is 0 Å². The molecule has 17 heavy (non-hydrogen) atoms. The van der Waals surface area contributed by atoms with E-state index in [0.717, 1.165) is 5.56 Å². The fourth-order valence-corrected chi connectivity index (χ4v) is 1.63. The third kappa shape index (κ3) is 2.96. The Morgan fingerprint density at radius 2 is 2.00 bits per heavy atom. The highest BCUT2D eigenvalue weighted by Crippen LogP contribution is 2.30. The number of ether oxygens (including phenoxy) is 1. The molecule has 0 aliphatic rings. The zero-order valence-electron chi connectivity index (χ0n) is 8.99. The molecule has 2 aromatic carbocycles. The molecule has 0 unspecified atom stereocenters. The summed E-state index contributed by atoms with van der Waals surface area (Å²) in [6.45, 7) is 0.439. The van der Waals surface area contributed by atoms with E-state index in [1.165, 1.54) is 18.2 Å². The van der Waals surface area contributed by atoms with Crippen LogP contribution in [0.1, 0.15) is 5.56 Å². The normalized spacial score (nSPS) is 10.3. The molecule has 88 valence electrons. The first-order valence-electron chi connectivity index (χ1n) is 5.11. The number of halogens is 2. The minimum atomic E-state index is -0.391. The summed E-state index contributed by atoms with van der Waals surface area (Å²) < 4.78 is 18.4. The number of hydrogen-bond acceptors (Lipinski definition) is 2. The number of nitrogens with two attached hydrogens (primary N) is 1. The van der Waals surface area contributed by atoms with Gasteiger partial charge < -0.3 is 10.5 Å². The lowest BCUT2D eigenvalue weighted by atomic mass is 10.2. The van der Waals surface area contributed by atoms with Gasteiger partial charge in [0.25, 0.3) is 0 Å². The lowest BCUT2D eigenvalue weighted by molar-refractivity contribution is 0.480. The fourth-order valence-electron chi connectivity index (χ4n) is 1.42. The van der Waals surface area contributed by atoms with Gasteiger partial charge in [-0.2, -0.15) is 0 Å². The maximum Gasteiger partial charge on any atom is 0.146 e. The summed E-state index contributed by atoms with van der Waals surface area (Å²) in [5, 5.41) is 0.239. The third-order valence-corrected chi connectivity index (χ3v) is 2.55. The molecule has 2 N–H and O–H groups in total. The van der Waals surface area contributed by atoms with Crippen LogP contribution >= 0.6 is 11.6 Å². The Bertz CT molecular complexity index is 531. The van der Waals surface area contributed by atoms with E-state index in [1.807, 2.05) is 18.2 Å². The molecule has 0 aliphatic heterocycles. The molecule has 0 saturated carbocycles. The van der Waals surface area contributed by atoms with E-state index >= 15 is 0 Å². The van der Waals surface area contributed by atoms with Crippen LogP contribution in [0.5, 0.6) is 11.5 Å². The lowest BCUT2D eigenvalue weighted by Gasteiger charge is -2.08. The van der Waals surface area contributed by atoms with Crippen LogP contribution < -0.4 is 10.5 Å². The van der Waals surface area contributed by atoms with E-state index in [0.29, 0.717) is 18.0 Å². The van der Waals surface area contributed by atoms with E-state index in [4.69, 9.17) is 22.1 Å². The van der Waals surface area contributed by atoms with E-state index in [-0.39, 0.29) is 5.02 Å². The molecule has 4 heteroatoms. The van der Waals surface area contributed by atoms with Crippen molar-refractivity contribution >= 4 is 11.6 Å². The maximum atomic E-state index is 12.8. The van der Waals surface area contributed by atoms with Crippen LogP contribution in [0.2, 0.25) is 5.02 Å². The highest BCUT2D eigenvalue weighted by Gasteiger charge is 2.04. The summed E-state index contributed by atoms with van der Waals surface area (Å²) in [7, 11) is 0. The molecule has 0 bridgehead atoms. The zero-order chi connectivity index (χ0) is 12.3. The van der Waals surface area contributed by atoms with Gasteiger partial charge in [0.05, 0.1) is 5.02 Å². The van der Waals surface area contributed by atoms with Gasteiger partial charge in [0.1, 0.15) is 17.3 Å². The molecule has 2 rings (SSSR count). The average molecular weight is 252 g/mol. The number of rotatable bonds is 3. The quantitative estimate of drug-likeness (QED) is 0.902. The molecule has 0 fully saturated rings. The molecular formula is C13H11ClFNO. The highest BCUT2D eigenvalue weighted by molar-refractivity contribution is 6.32. The average Bonchev–Trinajstić information content (AvgIpc) is 2.33. The Balaban J connectivity index is 2.25. The van der Waals surface area contributed by atoms with Crippen LogP contribution in [-0.4, -0.2) is 0 Å². The second kappa shape index (κ2) is 5.17. The topological polar surface area (TPSA) is 35.2 Å². The summed E-state index contributed by atoms with van der Waals surface area (Å²) in [6, 6.07) is 11.4. The van der Waals surface area contributed by atoms with Gasteiger partial charge in [-0.25, -0.2) is 4.39 Å². The predicted octanol–water partition coefficient (Wildman–Crippen LogP) is 3.73.